The van der Waals surface area contributed by atoms with E-state index in [0.29, 0.717) is 11.4 Å². The molecule has 27 heavy (non-hydrogen) atoms. The van der Waals surface area contributed by atoms with Gasteiger partial charge in [-0.05, 0) is 42.0 Å². The molecule has 2 saturated heterocycles. The molecule has 142 valence electrons. The molecule has 4 atom stereocenters. The van der Waals surface area contributed by atoms with Crippen molar-refractivity contribution in [2.24, 2.45) is 5.73 Å². The van der Waals surface area contributed by atoms with Crippen LogP contribution in [0.3, 0.4) is 0 Å². The summed E-state index contributed by atoms with van der Waals surface area (Å²) in [7, 11) is 0. The highest BCUT2D eigenvalue weighted by Crippen LogP contribution is 2.56. The third-order valence-corrected chi connectivity index (χ3v) is 6.91. The summed E-state index contributed by atoms with van der Waals surface area (Å²) in [6.45, 7) is 4.06. The molecular formula is C16H18BrN7O2S. The lowest BCUT2D eigenvalue weighted by Gasteiger charge is -2.44. The van der Waals surface area contributed by atoms with Crippen LogP contribution in [0.1, 0.15) is 37.3 Å². The van der Waals surface area contributed by atoms with Gasteiger partial charge in [0.15, 0.2) is 5.82 Å². The topological polar surface area (TPSA) is 130 Å². The molecule has 0 bridgehead atoms. The average Bonchev–Trinajstić information content (AvgIpc) is 3.23. The van der Waals surface area contributed by atoms with Gasteiger partial charge in [-0.2, -0.15) is 0 Å². The van der Waals surface area contributed by atoms with Gasteiger partial charge in [0.1, 0.15) is 23.5 Å². The second-order valence-corrected chi connectivity index (χ2v) is 9.75. The van der Waals surface area contributed by atoms with E-state index in [1.807, 2.05) is 26.0 Å². The molecule has 4 rings (SSSR count). The summed E-state index contributed by atoms with van der Waals surface area (Å²) >= 11 is 4.98. The van der Waals surface area contributed by atoms with Gasteiger partial charge in [-0.3, -0.25) is 9.59 Å². The molecular weight excluding hydrogens is 434 g/mol. The summed E-state index contributed by atoms with van der Waals surface area (Å²) in [5, 5.41) is 16.6. The van der Waals surface area contributed by atoms with E-state index in [0.717, 1.165) is 4.47 Å². The molecule has 2 aliphatic rings. The average molecular weight is 452 g/mol. The first-order chi connectivity index (χ1) is 12.8. The second kappa shape index (κ2) is 6.57. The Morgan fingerprint density at radius 2 is 2.26 bits per heavy atom. The van der Waals surface area contributed by atoms with Crippen molar-refractivity contribution in [3.63, 3.8) is 0 Å². The van der Waals surface area contributed by atoms with E-state index in [2.05, 4.69) is 41.9 Å². The number of rotatable bonds is 4. The molecule has 2 amide bonds. The van der Waals surface area contributed by atoms with Crippen LogP contribution in [0.4, 0.5) is 0 Å². The number of aromatic amines is 1. The Balaban J connectivity index is 1.49. The number of tetrazole rings is 1. The Morgan fingerprint density at radius 1 is 1.48 bits per heavy atom. The maximum Gasteiger partial charge on any atom is 0.249 e. The number of nitrogens with two attached hydrogens (primary N) is 1. The molecule has 0 saturated carbocycles. The van der Waals surface area contributed by atoms with Crippen LogP contribution in [0.25, 0.3) is 0 Å². The maximum absolute atomic E-state index is 12.8. The Kier molecular flexibility index (Phi) is 4.47. The number of carbonyl (C=O) groups excluding carboxylic acids is 2. The summed E-state index contributed by atoms with van der Waals surface area (Å²) < 4.78 is 0.540. The van der Waals surface area contributed by atoms with Crippen molar-refractivity contribution < 1.29 is 9.59 Å². The number of nitrogens with one attached hydrogen (secondary N) is 2. The predicted molar refractivity (Wildman–Crippen MR) is 102 cm³/mol. The third kappa shape index (κ3) is 3.03. The zero-order chi connectivity index (χ0) is 19.3. The van der Waals surface area contributed by atoms with Crippen LogP contribution in [0, 0.1) is 0 Å². The lowest BCUT2D eigenvalue weighted by atomic mass is 9.95. The number of H-pyrrole nitrogens is 1. The van der Waals surface area contributed by atoms with Gasteiger partial charge in [0.05, 0.1) is 0 Å². The first-order valence-electron chi connectivity index (χ1n) is 8.34. The number of amides is 2. The number of thioether (sulfide) groups is 1. The first-order valence-corrected chi connectivity index (χ1v) is 10.0. The third-order valence-electron chi connectivity index (χ3n) is 4.85. The monoisotopic (exact) mass is 451 g/mol. The Bertz CT molecular complexity index is 891. The Morgan fingerprint density at radius 3 is 2.93 bits per heavy atom. The van der Waals surface area contributed by atoms with E-state index in [1.165, 1.54) is 0 Å². The van der Waals surface area contributed by atoms with Crippen LogP contribution in [-0.2, 0) is 9.59 Å². The number of aromatic nitrogens is 4. The number of fused-ring (bicyclic) bond motifs is 1. The smallest absolute Gasteiger partial charge is 0.249 e. The van der Waals surface area contributed by atoms with Crippen LogP contribution in [0.15, 0.2) is 28.7 Å². The van der Waals surface area contributed by atoms with Gasteiger partial charge >= 0.3 is 0 Å². The number of benzene rings is 1. The van der Waals surface area contributed by atoms with Crippen LogP contribution < -0.4 is 11.1 Å². The van der Waals surface area contributed by atoms with Gasteiger partial charge in [-0.25, -0.2) is 5.10 Å². The van der Waals surface area contributed by atoms with Gasteiger partial charge < -0.3 is 16.0 Å². The zero-order valence-corrected chi connectivity index (χ0v) is 17.0. The fraction of sp³-hybridized carbons (Fsp3) is 0.438. The minimum atomic E-state index is -0.849. The van der Waals surface area contributed by atoms with E-state index < -0.39 is 12.1 Å². The molecule has 2 aliphatic heterocycles. The number of carbonyl (C=O) groups is 2. The van der Waals surface area contributed by atoms with Crippen LogP contribution in [-0.4, -0.2) is 53.5 Å². The van der Waals surface area contributed by atoms with Gasteiger partial charge in [-0.1, -0.05) is 28.1 Å². The van der Waals surface area contributed by atoms with Crippen molar-refractivity contribution in [1.29, 1.82) is 0 Å². The minimum Gasteiger partial charge on any atom is -0.340 e. The standard InChI is InChI=1S/C16H18BrN7O2S/c1-16(2)11(12-20-22-23-21-12)24-14(26)10(15(24)27-16)19-13(25)9(18)7-4-3-5-8(17)6-7/h3-6,9-11,15H,18H2,1-2H3,(H,19,25)(H,20,21,22,23)/t9?,10?,11?,15-/m1/s1. The van der Waals surface area contributed by atoms with Crippen LogP contribution >= 0.6 is 27.7 Å². The fourth-order valence-corrected chi connectivity index (χ4v) is 5.62. The number of hydrogen-bond acceptors (Lipinski definition) is 7. The Hall–Kier alpha value is -1.98. The number of halogens is 1. The zero-order valence-electron chi connectivity index (χ0n) is 14.6. The summed E-state index contributed by atoms with van der Waals surface area (Å²) in [6, 6.07) is 5.51. The molecule has 2 fully saturated rings. The highest BCUT2D eigenvalue weighted by Gasteiger charge is 2.63. The predicted octanol–water partition coefficient (Wildman–Crippen LogP) is 0.882. The van der Waals surface area contributed by atoms with Crippen molar-refractivity contribution in [2.75, 3.05) is 0 Å². The molecule has 0 radical (unpaired) electrons. The molecule has 3 unspecified atom stereocenters. The fourth-order valence-electron chi connectivity index (χ4n) is 3.57. The summed E-state index contributed by atoms with van der Waals surface area (Å²) in [4.78, 5) is 27.1. The quantitative estimate of drug-likeness (QED) is 0.588. The van der Waals surface area contributed by atoms with Crippen LogP contribution in [0.2, 0.25) is 0 Å². The lowest BCUT2D eigenvalue weighted by Crippen LogP contribution is -2.68. The lowest BCUT2D eigenvalue weighted by molar-refractivity contribution is -0.152. The van der Waals surface area contributed by atoms with Crippen molar-refractivity contribution in [3.8, 4) is 0 Å². The summed E-state index contributed by atoms with van der Waals surface area (Å²) in [5.74, 6) is 0.00233. The number of nitrogens with zero attached hydrogens (tertiary/aromatic N) is 4. The van der Waals surface area contributed by atoms with Crippen molar-refractivity contribution in [1.82, 2.24) is 30.8 Å². The second-order valence-electron chi connectivity index (χ2n) is 7.07. The van der Waals surface area contributed by atoms with E-state index in [-0.39, 0.29) is 28.0 Å². The maximum atomic E-state index is 12.8. The molecule has 3 heterocycles. The van der Waals surface area contributed by atoms with E-state index in [1.54, 1.807) is 28.8 Å². The molecule has 9 nitrogen and oxygen atoms in total. The largest absolute Gasteiger partial charge is 0.340 e. The Labute approximate surface area is 167 Å². The molecule has 11 heteroatoms. The van der Waals surface area contributed by atoms with Gasteiger partial charge in [0, 0.05) is 9.22 Å². The molecule has 1 aromatic heterocycles. The molecule has 0 aliphatic carbocycles. The van der Waals surface area contributed by atoms with Crippen molar-refractivity contribution in [3.05, 3.63) is 40.1 Å². The van der Waals surface area contributed by atoms with Gasteiger partial charge in [0.2, 0.25) is 11.8 Å². The van der Waals surface area contributed by atoms with Gasteiger partial charge in [0.25, 0.3) is 0 Å². The van der Waals surface area contributed by atoms with E-state index in [9.17, 15) is 9.59 Å². The first kappa shape index (κ1) is 18.4. The van der Waals surface area contributed by atoms with E-state index in [4.69, 9.17) is 5.73 Å². The van der Waals surface area contributed by atoms with Crippen molar-refractivity contribution in [2.45, 2.75) is 42.1 Å². The molecule has 4 N–H and O–H groups in total. The molecule has 0 spiro atoms. The molecule has 2 aromatic rings. The highest BCUT2D eigenvalue weighted by atomic mass is 79.9. The summed E-state index contributed by atoms with van der Waals surface area (Å²) in [6.07, 6.45) is 0. The van der Waals surface area contributed by atoms with Crippen molar-refractivity contribution >= 4 is 39.5 Å². The SMILES string of the molecule is CC1(C)S[C@@H]2C(NC(=O)C(N)c3cccc(Br)c3)C(=O)N2C1c1nnn[nH]1. The van der Waals surface area contributed by atoms with Gasteiger partial charge in [-0.15, -0.1) is 16.9 Å². The highest BCUT2D eigenvalue weighted by molar-refractivity contribution is 9.10. The van der Waals surface area contributed by atoms with E-state index >= 15 is 0 Å². The molecule has 1 aromatic carbocycles. The minimum absolute atomic E-state index is 0.158. The normalized spacial score (nSPS) is 27.0. The number of hydrogen-bond donors (Lipinski definition) is 3. The number of β-lactam (4-membered cyclic amide) rings is 1. The summed E-state index contributed by atoms with van der Waals surface area (Å²) in [5.41, 5.74) is 6.76. The van der Waals surface area contributed by atoms with Crippen LogP contribution in [0.5, 0.6) is 0 Å².